The van der Waals surface area contributed by atoms with E-state index >= 15 is 0 Å². The molecule has 0 aliphatic rings. The average molecular weight is 509 g/mol. The lowest BCUT2D eigenvalue weighted by Gasteiger charge is -2.16. The van der Waals surface area contributed by atoms with E-state index in [1.165, 1.54) is 25.3 Å². The zero-order valence-corrected chi connectivity index (χ0v) is 19.8. The molecule has 0 aliphatic carbocycles. The second-order valence-corrected chi connectivity index (χ2v) is 9.18. The molecular weight excluding hydrogens is 487 g/mol. The smallest absolute Gasteiger partial charge is 0.341 e. The number of rotatable bonds is 10. The molecule has 34 heavy (non-hydrogen) atoms. The molecule has 0 aromatic heterocycles. The molecule has 0 spiro atoms. The predicted octanol–water partition coefficient (Wildman–Crippen LogP) is 4.14. The van der Waals surface area contributed by atoms with Crippen molar-refractivity contribution in [2.24, 2.45) is 0 Å². The standard InChI is InChI=1S/C23H22ClFN2O6S/c1-26-12-14-9-17(24)23(32-2)21(10-14)34(30,31)27-19-11-15(7-8-18(19)25)16-5-3-4-6-20(16)33-13-22(28)29/h3-11,26-27H,12-13H2,1-2H3,(H,28,29). The molecule has 3 aromatic rings. The molecule has 0 radical (unpaired) electrons. The van der Waals surface area contributed by atoms with Crippen LogP contribution >= 0.6 is 11.6 Å². The predicted molar refractivity (Wildman–Crippen MR) is 127 cm³/mol. The van der Waals surface area contributed by atoms with Crippen LogP contribution in [0.2, 0.25) is 5.02 Å². The molecule has 0 amide bonds. The monoisotopic (exact) mass is 508 g/mol. The van der Waals surface area contributed by atoms with Crippen LogP contribution in [0.15, 0.2) is 59.5 Å². The fourth-order valence-electron chi connectivity index (χ4n) is 3.27. The molecule has 0 aliphatic heterocycles. The third-order valence-electron chi connectivity index (χ3n) is 4.70. The second-order valence-electron chi connectivity index (χ2n) is 7.12. The number of nitrogens with one attached hydrogen (secondary N) is 2. The van der Waals surface area contributed by atoms with Crippen LogP contribution in [0.4, 0.5) is 10.1 Å². The van der Waals surface area contributed by atoms with Crippen LogP contribution in [0.5, 0.6) is 11.5 Å². The first-order valence-electron chi connectivity index (χ1n) is 9.93. The number of ether oxygens (including phenoxy) is 2. The molecule has 3 rings (SSSR count). The molecule has 11 heteroatoms. The van der Waals surface area contributed by atoms with Gasteiger partial charge in [0.15, 0.2) is 12.4 Å². The van der Waals surface area contributed by atoms with Crippen molar-refractivity contribution in [3.8, 4) is 22.6 Å². The number of carboxylic acids is 1. The number of methoxy groups -OCH3 is 1. The molecule has 0 saturated carbocycles. The van der Waals surface area contributed by atoms with Crippen molar-refractivity contribution in [1.82, 2.24) is 5.32 Å². The third-order valence-corrected chi connectivity index (χ3v) is 6.36. The number of carbonyl (C=O) groups is 1. The van der Waals surface area contributed by atoms with Gasteiger partial charge in [0.1, 0.15) is 16.5 Å². The van der Waals surface area contributed by atoms with E-state index in [0.717, 1.165) is 6.07 Å². The number of hydrogen-bond acceptors (Lipinski definition) is 6. The molecule has 3 N–H and O–H groups in total. The highest BCUT2D eigenvalue weighted by Crippen LogP contribution is 2.36. The summed E-state index contributed by atoms with van der Waals surface area (Å²) in [5.41, 5.74) is 1.14. The largest absolute Gasteiger partial charge is 0.494 e. The van der Waals surface area contributed by atoms with E-state index in [1.54, 1.807) is 37.4 Å². The maximum atomic E-state index is 14.6. The molecule has 0 fully saturated rings. The lowest BCUT2D eigenvalue weighted by Crippen LogP contribution is -2.16. The van der Waals surface area contributed by atoms with Gasteiger partial charge in [-0.3, -0.25) is 4.72 Å². The summed E-state index contributed by atoms with van der Waals surface area (Å²) in [6.07, 6.45) is 0. The van der Waals surface area contributed by atoms with E-state index < -0.39 is 28.4 Å². The van der Waals surface area contributed by atoms with Gasteiger partial charge in [0.25, 0.3) is 10.0 Å². The summed E-state index contributed by atoms with van der Waals surface area (Å²) in [5.74, 6) is -1.79. The number of para-hydroxylation sites is 1. The lowest BCUT2D eigenvalue weighted by molar-refractivity contribution is -0.139. The summed E-state index contributed by atoms with van der Waals surface area (Å²) in [6, 6.07) is 13.3. The fraction of sp³-hybridized carbons (Fsp3) is 0.174. The third kappa shape index (κ3) is 5.77. The van der Waals surface area contributed by atoms with E-state index in [9.17, 15) is 17.6 Å². The SMILES string of the molecule is CNCc1cc(Cl)c(OC)c(S(=O)(=O)Nc2cc(-c3ccccc3OCC(=O)O)ccc2F)c1. The Morgan fingerprint density at radius 1 is 1.15 bits per heavy atom. The Balaban J connectivity index is 2.03. The lowest BCUT2D eigenvalue weighted by atomic mass is 10.0. The van der Waals surface area contributed by atoms with Gasteiger partial charge in [0, 0.05) is 12.1 Å². The number of sulfonamides is 1. The Bertz CT molecular complexity index is 1320. The first-order valence-corrected chi connectivity index (χ1v) is 11.8. The Morgan fingerprint density at radius 2 is 1.88 bits per heavy atom. The highest BCUT2D eigenvalue weighted by Gasteiger charge is 2.24. The van der Waals surface area contributed by atoms with Crippen LogP contribution < -0.4 is 19.5 Å². The van der Waals surface area contributed by atoms with Gasteiger partial charge in [-0.1, -0.05) is 35.9 Å². The number of halogens is 2. The topological polar surface area (TPSA) is 114 Å². The fourth-order valence-corrected chi connectivity index (χ4v) is 4.94. The molecule has 180 valence electrons. The van der Waals surface area contributed by atoms with Gasteiger partial charge in [-0.05, 0) is 48.5 Å². The van der Waals surface area contributed by atoms with Crippen LogP contribution in [-0.4, -0.2) is 40.3 Å². The van der Waals surface area contributed by atoms with Crippen LogP contribution in [-0.2, 0) is 21.4 Å². The normalized spacial score (nSPS) is 11.2. The second kappa shape index (κ2) is 10.7. The van der Waals surface area contributed by atoms with E-state index in [0.29, 0.717) is 23.2 Å². The summed E-state index contributed by atoms with van der Waals surface area (Å²) in [4.78, 5) is 10.6. The minimum absolute atomic E-state index is 0.0713. The van der Waals surface area contributed by atoms with Crippen LogP contribution in [0.3, 0.4) is 0 Å². The zero-order chi connectivity index (χ0) is 24.9. The Hall–Kier alpha value is -3.34. The van der Waals surface area contributed by atoms with E-state index in [1.807, 2.05) is 0 Å². The summed E-state index contributed by atoms with van der Waals surface area (Å²) in [5, 5.41) is 11.9. The van der Waals surface area contributed by atoms with Crippen molar-refractivity contribution in [3.63, 3.8) is 0 Å². The summed E-state index contributed by atoms with van der Waals surface area (Å²) in [6.45, 7) is -0.218. The van der Waals surface area contributed by atoms with E-state index in [-0.39, 0.29) is 27.1 Å². The van der Waals surface area contributed by atoms with Gasteiger partial charge in [0.05, 0.1) is 17.8 Å². The van der Waals surface area contributed by atoms with Crippen molar-refractivity contribution < 1.29 is 32.2 Å². The minimum atomic E-state index is -4.31. The highest BCUT2D eigenvalue weighted by molar-refractivity contribution is 7.92. The number of hydrogen-bond donors (Lipinski definition) is 3. The molecule has 0 heterocycles. The average Bonchev–Trinajstić information content (AvgIpc) is 2.79. The highest BCUT2D eigenvalue weighted by atomic mass is 35.5. The molecule has 3 aromatic carbocycles. The van der Waals surface area contributed by atoms with Crippen molar-refractivity contribution in [3.05, 3.63) is 71.0 Å². The maximum Gasteiger partial charge on any atom is 0.341 e. The van der Waals surface area contributed by atoms with Gasteiger partial charge in [-0.15, -0.1) is 0 Å². The number of aliphatic carboxylic acids is 1. The summed E-state index contributed by atoms with van der Waals surface area (Å²) < 4.78 is 53.8. The summed E-state index contributed by atoms with van der Waals surface area (Å²) >= 11 is 6.21. The van der Waals surface area contributed by atoms with Crippen molar-refractivity contribution in [2.45, 2.75) is 11.4 Å². The zero-order valence-electron chi connectivity index (χ0n) is 18.3. The molecular formula is C23H22ClFN2O6S. The number of anilines is 1. The van der Waals surface area contributed by atoms with Crippen LogP contribution in [0.1, 0.15) is 5.56 Å². The molecule has 0 atom stereocenters. The van der Waals surface area contributed by atoms with Gasteiger partial charge in [-0.25, -0.2) is 17.6 Å². The maximum absolute atomic E-state index is 14.6. The Labute approximate surface area is 201 Å². The van der Waals surface area contributed by atoms with Gasteiger partial charge < -0.3 is 19.9 Å². The van der Waals surface area contributed by atoms with Crippen LogP contribution in [0, 0.1) is 5.82 Å². The molecule has 8 nitrogen and oxygen atoms in total. The van der Waals surface area contributed by atoms with Crippen molar-refractivity contribution >= 4 is 33.3 Å². The van der Waals surface area contributed by atoms with Crippen molar-refractivity contribution in [2.75, 3.05) is 25.5 Å². The Morgan fingerprint density at radius 3 is 2.56 bits per heavy atom. The van der Waals surface area contributed by atoms with Gasteiger partial charge in [0.2, 0.25) is 0 Å². The minimum Gasteiger partial charge on any atom is -0.494 e. The quantitative estimate of drug-likeness (QED) is 0.377. The molecule has 0 unspecified atom stereocenters. The number of benzene rings is 3. The van der Waals surface area contributed by atoms with E-state index in [4.69, 9.17) is 26.2 Å². The number of carboxylic acid groups (broad SMARTS) is 1. The van der Waals surface area contributed by atoms with Crippen LogP contribution in [0.25, 0.3) is 11.1 Å². The van der Waals surface area contributed by atoms with E-state index in [2.05, 4.69) is 10.0 Å². The first-order chi connectivity index (χ1) is 16.2. The van der Waals surface area contributed by atoms with Crippen molar-refractivity contribution in [1.29, 1.82) is 0 Å². The first kappa shape index (κ1) is 25.3. The molecule has 0 saturated heterocycles. The van der Waals surface area contributed by atoms with Gasteiger partial charge in [-0.2, -0.15) is 0 Å². The molecule has 0 bridgehead atoms. The summed E-state index contributed by atoms with van der Waals surface area (Å²) in [7, 11) is -1.33. The Kier molecular flexibility index (Phi) is 7.98. The van der Waals surface area contributed by atoms with Gasteiger partial charge >= 0.3 is 5.97 Å².